The second-order valence-corrected chi connectivity index (χ2v) is 3.47. The van der Waals surface area contributed by atoms with Gasteiger partial charge >= 0.3 is 0 Å². The standard InChI is InChI=1S/C10H14ClNO3/c1-3-4-8(9(14)5-6-13)12-7(2)10(11)15/h6-7H,3-5H2,1-2H3/t7-/m0/s1. The number of rotatable bonds is 7. The van der Waals surface area contributed by atoms with E-state index in [2.05, 4.69) is 4.99 Å². The van der Waals surface area contributed by atoms with Crippen LogP contribution in [0.2, 0.25) is 0 Å². The Morgan fingerprint density at radius 1 is 1.47 bits per heavy atom. The van der Waals surface area contributed by atoms with Crippen LogP contribution in [0, 0.1) is 0 Å². The summed E-state index contributed by atoms with van der Waals surface area (Å²) in [6, 6.07) is -0.733. The van der Waals surface area contributed by atoms with Crippen molar-refractivity contribution in [3.63, 3.8) is 0 Å². The Labute approximate surface area is 93.7 Å². The zero-order valence-electron chi connectivity index (χ0n) is 8.83. The molecule has 0 heterocycles. The molecule has 5 heteroatoms. The Hall–Kier alpha value is -1.03. The van der Waals surface area contributed by atoms with E-state index in [0.717, 1.165) is 6.42 Å². The van der Waals surface area contributed by atoms with Crippen LogP contribution in [-0.4, -0.2) is 29.1 Å². The average molecular weight is 232 g/mol. The van der Waals surface area contributed by atoms with Crippen LogP contribution in [0.5, 0.6) is 0 Å². The van der Waals surface area contributed by atoms with E-state index in [0.29, 0.717) is 12.7 Å². The number of nitrogens with zero attached hydrogens (tertiary/aromatic N) is 1. The maximum absolute atomic E-state index is 11.4. The van der Waals surface area contributed by atoms with Crippen molar-refractivity contribution < 1.29 is 14.4 Å². The van der Waals surface area contributed by atoms with Gasteiger partial charge < -0.3 is 4.79 Å². The third-order valence-corrected chi connectivity index (χ3v) is 2.07. The van der Waals surface area contributed by atoms with Crippen molar-refractivity contribution in [2.45, 2.75) is 39.2 Å². The summed E-state index contributed by atoms with van der Waals surface area (Å²) in [6.45, 7) is 3.40. The van der Waals surface area contributed by atoms with Gasteiger partial charge in [-0.2, -0.15) is 0 Å². The number of ketones is 1. The molecule has 0 amide bonds. The summed E-state index contributed by atoms with van der Waals surface area (Å²) in [5.74, 6) is -0.336. The molecule has 1 atom stereocenters. The first-order chi connectivity index (χ1) is 7.02. The molecule has 0 radical (unpaired) electrons. The van der Waals surface area contributed by atoms with Crippen LogP contribution in [-0.2, 0) is 14.4 Å². The Morgan fingerprint density at radius 3 is 2.47 bits per heavy atom. The molecule has 0 aliphatic heterocycles. The lowest BCUT2D eigenvalue weighted by Crippen LogP contribution is -2.19. The van der Waals surface area contributed by atoms with E-state index in [4.69, 9.17) is 11.6 Å². The molecule has 0 N–H and O–H groups in total. The Kier molecular flexibility index (Phi) is 6.79. The van der Waals surface area contributed by atoms with E-state index in [1.54, 1.807) is 0 Å². The molecular formula is C10H14ClNO3. The quantitative estimate of drug-likeness (QED) is 0.289. The second kappa shape index (κ2) is 7.29. The lowest BCUT2D eigenvalue weighted by atomic mass is 10.1. The van der Waals surface area contributed by atoms with E-state index in [-0.39, 0.29) is 17.9 Å². The molecule has 0 saturated carbocycles. The minimum absolute atomic E-state index is 0.192. The van der Waals surface area contributed by atoms with Crippen LogP contribution in [0.25, 0.3) is 0 Å². The molecule has 4 nitrogen and oxygen atoms in total. The highest BCUT2D eigenvalue weighted by atomic mass is 35.5. The Bertz CT molecular complexity index is 286. The van der Waals surface area contributed by atoms with E-state index in [1.807, 2.05) is 6.92 Å². The molecule has 0 aliphatic carbocycles. The number of hydrogen-bond donors (Lipinski definition) is 0. The molecule has 0 aromatic carbocycles. The molecule has 0 unspecified atom stereocenters. The summed E-state index contributed by atoms with van der Waals surface area (Å²) in [6.07, 6.45) is 1.52. The zero-order valence-corrected chi connectivity index (χ0v) is 9.58. The van der Waals surface area contributed by atoms with Crippen LogP contribution < -0.4 is 0 Å². The molecule has 0 spiro atoms. The van der Waals surface area contributed by atoms with Crippen LogP contribution in [0.15, 0.2) is 4.99 Å². The van der Waals surface area contributed by atoms with Crippen LogP contribution >= 0.6 is 11.6 Å². The van der Waals surface area contributed by atoms with E-state index < -0.39 is 11.3 Å². The summed E-state index contributed by atoms with van der Waals surface area (Å²) in [5, 5.41) is -0.609. The summed E-state index contributed by atoms with van der Waals surface area (Å²) < 4.78 is 0. The number of carbonyl (C=O) groups excluding carboxylic acids is 3. The molecule has 0 aliphatic rings. The minimum atomic E-state index is -0.733. The van der Waals surface area contributed by atoms with E-state index in [1.165, 1.54) is 6.92 Å². The highest BCUT2D eigenvalue weighted by Gasteiger charge is 2.14. The van der Waals surface area contributed by atoms with Crippen molar-refractivity contribution >= 4 is 34.6 Å². The first-order valence-corrected chi connectivity index (χ1v) is 5.13. The lowest BCUT2D eigenvalue weighted by molar-refractivity contribution is -0.117. The average Bonchev–Trinajstić information content (AvgIpc) is 2.17. The number of Topliss-reactive ketones (excluding diaryl/α,β-unsaturated/α-hetero) is 1. The normalized spacial score (nSPS) is 13.4. The van der Waals surface area contributed by atoms with Gasteiger partial charge in [0.2, 0.25) is 5.24 Å². The van der Waals surface area contributed by atoms with Gasteiger partial charge in [-0.15, -0.1) is 0 Å². The molecule has 0 rings (SSSR count). The van der Waals surface area contributed by atoms with Gasteiger partial charge in [0, 0.05) is 0 Å². The molecule has 15 heavy (non-hydrogen) atoms. The van der Waals surface area contributed by atoms with Crippen molar-refractivity contribution in [3.8, 4) is 0 Å². The molecule has 0 aromatic heterocycles. The van der Waals surface area contributed by atoms with E-state index in [9.17, 15) is 14.4 Å². The Morgan fingerprint density at radius 2 is 2.07 bits per heavy atom. The monoisotopic (exact) mass is 231 g/mol. The molecule has 84 valence electrons. The van der Waals surface area contributed by atoms with Gasteiger partial charge in [0.15, 0.2) is 5.78 Å². The largest absolute Gasteiger partial charge is 0.303 e. The van der Waals surface area contributed by atoms with Crippen LogP contribution in [0.3, 0.4) is 0 Å². The maximum atomic E-state index is 11.4. The van der Waals surface area contributed by atoms with Gasteiger partial charge in [-0.05, 0) is 24.9 Å². The van der Waals surface area contributed by atoms with Gasteiger partial charge in [0.1, 0.15) is 12.3 Å². The SMILES string of the molecule is CCCC(=N[C@@H](C)C(=O)Cl)C(=O)CC=O. The van der Waals surface area contributed by atoms with E-state index >= 15 is 0 Å². The zero-order chi connectivity index (χ0) is 11.8. The predicted molar refractivity (Wildman–Crippen MR) is 58.4 cm³/mol. The highest BCUT2D eigenvalue weighted by Crippen LogP contribution is 2.03. The minimum Gasteiger partial charge on any atom is -0.303 e. The van der Waals surface area contributed by atoms with Gasteiger partial charge in [0.25, 0.3) is 0 Å². The topological polar surface area (TPSA) is 63.6 Å². The molecular weight excluding hydrogens is 218 g/mol. The third-order valence-electron chi connectivity index (χ3n) is 1.76. The van der Waals surface area contributed by atoms with Crippen LogP contribution in [0.1, 0.15) is 33.1 Å². The predicted octanol–water partition coefficient (Wildman–Crippen LogP) is 1.54. The van der Waals surface area contributed by atoms with Crippen molar-refractivity contribution in [3.05, 3.63) is 0 Å². The van der Waals surface area contributed by atoms with Gasteiger partial charge in [0.05, 0.1) is 12.1 Å². The molecule has 0 bridgehead atoms. The number of aliphatic imine (C=N–C) groups is 1. The lowest BCUT2D eigenvalue weighted by Gasteiger charge is -2.05. The fraction of sp³-hybridized carbons (Fsp3) is 0.600. The van der Waals surface area contributed by atoms with Gasteiger partial charge in [-0.25, -0.2) is 0 Å². The fourth-order valence-corrected chi connectivity index (χ4v) is 1.04. The Balaban J connectivity index is 4.70. The number of aldehydes is 1. The molecule has 0 aromatic rings. The summed E-state index contributed by atoms with van der Waals surface area (Å²) in [4.78, 5) is 36.2. The summed E-state index contributed by atoms with van der Waals surface area (Å²) in [7, 11) is 0. The first kappa shape index (κ1) is 14.0. The number of halogens is 1. The first-order valence-electron chi connectivity index (χ1n) is 4.75. The third kappa shape index (κ3) is 5.42. The summed E-state index contributed by atoms with van der Waals surface area (Å²) in [5.41, 5.74) is 0.270. The maximum Gasteiger partial charge on any atom is 0.245 e. The van der Waals surface area contributed by atoms with Crippen molar-refractivity contribution in [1.29, 1.82) is 0 Å². The van der Waals surface area contributed by atoms with Crippen molar-refractivity contribution in [1.82, 2.24) is 0 Å². The molecule has 0 saturated heterocycles. The van der Waals surface area contributed by atoms with Crippen molar-refractivity contribution in [2.75, 3.05) is 0 Å². The van der Waals surface area contributed by atoms with Gasteiger partial charge in [-0.1, -0.05) is 13.3 Å². The summed E-state index contributed by atoms with van der Waals surface area (Å²) >= 11 is 5.23. The van der Waals surface area contributed by atoms with Crippen LogP contribution in [0.4, 0.5) is 0 Å². The number of carbonyl (C=O) groups is 3. The highest BCUT2D eigenvalue weighted by molar-refractivity contribution is 6.64. The van der Waals surface area contributed by atoms with Crippen molar-refractivity contribution in [2.24, 2.45) is 4.99 Å². The second-order valence-electron chi connectivity index (χ2n) is 3.10. The number of hydrogen-bond acceptors (Lipinski definition) is 4. The van der Waals surface area contributed by atoms with Gasteiger partial charge in [-0.3, -0.25) is 14.6 Å². The smallest absolute Gasteiger partial charge is 0.245 e. The molecule has 0 fully saturated rings. The fourth-order valence-electron chi connectivity index (χ4n) is 0.991.